The van der Waals surface area contributed by atoms with E-state index in [0.29, 0.717) is 19.3 Å². The third-order valence-corrected chi connectivity index (χ3v) is 9.10. The van der Waals surface area contributed by atoms with Gasteiger partial charge in [-0.2, -0.15) is 0 Å². The number of hydrogen-bond acceptors (Lipinski definition) is 8. The zero-order valence-electron chi connectivity index (χ0n) is 28.7. The Morgan fingerprint density at radius 3 is 2.39 bits per heavy atom. The highest BCUT2D eigenvalue weighted by atomic mass is 16.6. The van der Waals surface area contributed by atoms with E-state index in [1.165, 1.54) is 13.0 Å². The van der Waals surface area contributed by atoms with Crippen molar-refractivity contribution in [2.75, 3.05) is 13.7 Å². The van der Waals surface area contributed by atoms with E-state index in [0.717, 1.165) is 63.5 Å². The number of allylic oxidation sites excluding steroid dienone is 2. The summed E-state index contributed by atoms with van der Waals surface area (Å²) < 4.78 is 23.5. The molecule has 0 unspecified atom stereocenters. The van der Waals surface area contributed by atoms with Gasteiger partial charge in [0, 0.05) is 52.2 Å². The van der Waals surface area contributed by atoms with Crippen molar-refractivity contribution in [1.82, 2.24) is 10.6 Å². The normalized spacial score (nSPS) is 30.3. The van der Waals surface area contributed by atoms with Gasteiger partial charge in [-0.25, -0.2) is 0 Å². The van der Waals surface area contributed by atoms with Gasteiger partial charge in [-0.15, -0.1) is 0 Å². The van der Waals surface area contributed by atoms with Crippen LogP contribution in [0.2, 0.25) is 0 Å². The molecule has 3 saturated heterocycles. The average molecular weight is 645 g/mol. The summed E-state index contributed by atoms with van der Waals surface area (Å²) in [5.74, 6) is -0.0611. The fourth-order valence-electron chi connectivity index (χ4n) is 6.32. The van der Waals surface area contributed by atoms with E-state index in [4.69, 9.17) is 18.9 Å². The zero-order chi connectivity index (χ0) is 33.7. The second kappa shape index (κ2) is 18.5. The Morgan fingerprint density at radius 2 is 1.72 bits per heavy atom. The van der Waals surface area contributed by atoms with Crippen LogP contribution in [0, 0.1) is 5.92 Å². The SMILES string of the molecule is CNC(=O)CCCCCCC(=O)C[C@@H]1C[C@@]2(CO2)C[C@@H](/C=C/C(C)=C/C[C@@H]2O[C@H](C)[C@H](NC(=O)/C=C\[C@H](C)OC(C)=O)C[C@@H]2C)O1. The van der Waals surface area contributed by atoms with Crippen LogP contribution < -0.4 is 10.6 Å². The first-order valence-corrected chi connectivity index (χ1v) is 17.1. The first-order valence-electron chi connectivity index (χ1n) is 17.1. The number of rotatable bonds is 17. The van der Waals surface area contributed by atoms with E-state index in [1.807, 2.05) is 6.92 Å². The maximum absolute atomic E-state index is 12.7. The van der Waals surface area contributed by atoms with Gasteiger partial charge < -0.3 is 29.6 Å². The maximum Gasteiger partial charge on any atom is 0.303 e. The second-order valence-corrected chi connectivity index (χ2v) is 13.4. The fourth-order valence-corrected chi connectivity index (χ4v) is 6.32. The highest BCUT2D eigenvalue weighted by Crippen LogP contribution is 2.43. The van der Waals surface area contributed by atoms with Gasteiger partial charge in [-0.1, -0.05) is 43.6 Å². The van der Waals surface area contributed by atoms with Gasteiger partial charge in [-0.05, 0) is 58.4 Å². The van der Waals surface area contributed by atoms with Crippen LogP contribution in [0.5, 0.6) is 0 Å². The second-order valence-electron chi connectivity index (χ2n) is 13.4. The van der Waals surface area contributed by atoms with Crippen LogP contribution in [0.15, 0.2) is 36.0 Å². The van der Waals surface area contributed by atoms with Crippen LogP contribution in [-0.2, 0) is 38.1 Å². The minimum absolute atomic E-state index is 0.0475. The molecule has 8 atom stereocenters. The van der Waals surface area contributed by atoms with E-state index < -0.39 is 6.10 Å². The molecule has 0 aromatic heterocycles. The van der Waals surface area contributed by atoms with Crippen LogP contribution >= 0.6 is 0 Å². The summed E-state index contributed by atoms with van der Waals surface area (Å²) in [4.78, 5) is 47.5. The van der Waals surface area contributed by atoms with Crippen LogP contribution in [0.3, 0.4) is 0 Å². The van der Waals surface area contributed by atoms with E-state index >= 15 is 0 Å². The van der Waals surface area contributed by atoms with E-state index in [-0.39, 0.29) is 65.5 Å². The number of Topliss-reactive ketones (excluding diaryl/α,β-unsaturated/α-hetero) is 1. The fraction of sp³-hybridized carbons (Fsp3) is 0.722. The van der Waals surface area contributed by atoms with Gasteiger partial charge in [0.15, 0.2) is 0 Å². The summed E-state index contributed by atoms with van der Waals surface area (Å²) in [7, 11) is 1.65. The molecule has 3 aliphatic heterocycles. The number of amides is 2. The molecule has 46 heavy (non-hydrogen) atoms. The van der Waals surface area contributed by atoms with Gasteiger partial charge >= 0.3 is 5.97 Å². The number of esters is 1. The molecule has 0 radical (unpaired) electrons. The summed E-state index contributed by atoms with van der Waals surface area (Å²) in [6.07, 6.45) is 16.8. The molecule has 0 bridgehead atoms. The van der Waals surface area contributed by atoms with Crippen molar-refractivity contribution >= 4 is 23.6 Å². The van der Waals surface area contributed by atoms with Crippen molar-refractivity contribution in [3.05, 3.63) is 36.0 Å². The van der Waals surface area contributed by atoms with Crippen LogP contribution in [-0.4, -0.2) is 79.4 Å². The monoisotopic (exact) mass is 644 g/mol. The quantitative estimate of drug-likeness (QED) is 0.0740. The summed E-state index contributed by atoms with van der Waals surface area (Å²) in [6.45, 7) is 9.98. The Hall–Kier alpha value is -2.82. The number of ketones is 1. The largest absolute Gasteiger partial charge is 0.459 e. The third kappa shape index (κ3) is 13.5. The van der Waals surface area contributed by atoms with Gasteiger partial charge in [0.1, 0.15) is 11.9 Å². The molecule has 3 rings (SSSR count). The molecule has 2 amide bonds. The molecule has 0 aromatic carbocycles. The molecule has 2 N–H and O–H groups in total. The van der Waals surface area contributed by atoms with E-state index in [9.17, 15) is 19.2 Å². The number of carbonyl (C=O) groups is 4. The minimum atomic E-state index is -0.464. The van der Waals surface area contributed by atoms with Gasteiger partial charge in [0.05, 0.1) is 42.7 Å². The molecule has 3 fully saturated rings. The van der Waals surface area contributed by atoms with Crippen molar-refractivity contribution in [2.24, 2.45) is 5.92 Å². The van der Waals surface area contributed by atoms with Crippen molar-refractivity contribution in [1.29, 1.82) is 0 Å². The highest BCUT2D eigenvalue weighted by molar-refractivity contribution is 5.87. The summed E-state index contributed by atoms with van der Waals surface area (Å²) >= 11 is 0. The number of nitrogens with one attached hydrogen (secondary N) is 2. The van der Waals surface area contributed by atoms with E-state index in [2.05, 4.69) is 42.7 Å². The molecular weight excluding hydrogens is 588 g/mol. The first-order chi connectivity index (χ1) is 21.9. The van der Waals surface area contributed by atoms with Crippen LogP contribution in [0.1, 0.15) is 105 Å². The zero-order valence-corrected chi connectivity index (χ0v) is 28.7. The van der Waals surface area contributed by atoms with Crippen molar-refractivity contribution < 1.29 is 38.1 Å². The van der Waals surface area contributed by atoms with Gasteiger partial charge in [0.25, 0.3) is 0 Å². The summed E-state index contributed by atoms with van der Waals surface area (Å²) in [6, 6.07) is -0.0992. The third-order valence-electron chi connectivity index (χ3n) is 9.10. The lowest BCUT2D eigenvalue weighted by molar-refractivity contribution is -0.143. The average Bonchev–Trinajstić information content (AvgIpc) is 3.74. The van der Waals surface area contributed by atoms with Crippen molar-refractivity contribution in [3.8, 4) is 0 Å². The van der Waals surface area contributed by atoms with Crippen LogP contribution in [0.25, 0.3) is 0 Å². The molecule has 10 heteroatoms. The Morgan fingerprint density at radius 1 is 1.00 bits per heavy atom. The van der Waals surface area contributed by atoms with Gasteiger partial charge in [0.2, 0.25) is 11.8 Å². The Bertz CT molecular complexity index is 1130. The predicted molar refractivity (Wildman–Crippen MR) is 176 cm³/mol. The lowest BCUT2D eigenvalue weighted by atomic mass is 9.88. The van der Waals surface area contributed by atoms with Crippen LogP contribution in [0.4, 0.5) is 0 Å². The van der Waals surface area contributed by atoms with Crippen molar-refractivity contribution in [3.63, 3.8) is 0 Å². The Labute approximate surface area is 275 Å². The Balaban J connectivity index is 1.41. The predicted octanol–water partition coefficient (Wildman–Crippen LogP) is 5.05. The number of hydrogen-bond donors (Lipinski definition) is 2. The first kappa shape index (κ1) is 37.6. The van der Waals surface area contributed by atoms with Gasteiger partial charge in [-0.3, -0.25) is 19.2 Å². The topological polar surface area (TPSA) is 133 Å². The molecule has 0 aliphatic carbocycles. The number of ether oxygens (including phenoxy) is 4. The standard InChI is InChI=1S/C36H56N2O8/c1-24(14-17-33-25(2)19-32(27(4)45-33)38-35(42)18-15-26(3)44-28(5)39)13-16-30-21-36(23-43-36)22-31(46-30)20-29(40)11-9-7-8-10-12-34(41)37-6/h13-16,18,25-27,30-33H,7-12,17,19-23H2,1-6H3,(H,37,41)(H,38,42)/b16-13+,18-15-,24-14+/t25-,26-,27+,30+,31+,32+,33-,36+/m0/s1. The summed E-state index contributed by atoms with van der Waals surface area (Å²) in [5, 5.41) is 5.66. The lowest BCUT2D eigenvalue weighted by Gasteiger charge is -2.39. The number of unbranched alkanes of at least 4 members (excludes halogenated alkanes) is 3. The lowest BCUT2D eigenvalue weighted by Crippen LogP contribution is -2.50. The van der Waals surface area contributed by atoms with Crippen molar-refractivity contribution in [2.45, 2.75) is 147 Å². The van der Waals surface area contributed by atoms with E-state index in [1.54, 1.807) is 20.0 Å². The molecule has 0 aromatic rings. The molecule has 3 heterocycles. The minimum Gasteiger partial charge on any atom is -0.459 e. The molecule has 10 nitrogen and oxygen atoms in total. The molecule has 1 spiro atoms. The molecule has 258 valence electrons. The molecule has 0 saturated carbocycles. The maximum atomic E-state index is 12.7. The number of epoxide rings is 1. The summed E-state index contributed by atoms with van der Waals surface area (Å²) in [5.41, 5.74) is 0.967. The molecular formula is C36H56N2O8. The highest BCUT2D eigenvalue weighted by Gasteiger charge is 2.51. The Kier molecular flexibility index (Phi) is 15.1. The smallest absolute Gasteiger partial charge is 0.303 e. The molecule has 3 aliphatic rings. The number of carbonyl (C=O) groups excluding carboxylic acids is 4.